The quantitative estimate of drug-likeness (QED) is 0.756. The van der Waals surface area contributed by atoms with Crippen LogP contribution in [0.3, 0.4) is 0 Å². The molecule has 0 amide bonds. The molecule has 2 nitrogen and oxygen atoms in total. The average molecular weight is 259 g/mol. The molecule has 1 aliphatic carbocycles. The van der Waals surface area contributed by atoms with Gasteiger partial charge < -0.3 is 9.64 Å². The number of hydrogen-bond donors (Lipinski definition) is 0. The van der Waals surface area contributed by atoms with Crippen LogP contribution in [-0.4, -0.2) is 20.2 Å². The highest BCUT2D eigenvalue weighted by atomic mass is 16.5. The van der Waals surface area contributed by atoms with Gasteiger partial charge >= 0.3 is 0 Å². The van der Waals surface area contributed by atoms with Crippen molar-refractivity contribution >= 4 is 5.69 Å². The number of anilines is 1. The molecule has 1 heterocycles. The van der Waals surface area contributed by atoms with Crippen molar-refractivity contribution in [1.82, 2.24) is 0 Å². The van der Waals surface area contributed by atoms with E-state index >= 15 is 0 Å². The van der Waals surface area contributed by atoms with E-state index in [-0.39, 0.29) is 5.41 Å². The van der Waals surface area contributed by atoms with Crippen LogP contribution in [-0.2, 0) is 5.41 Å². The maximum atomic E-state index is 5.43. The highest BCUT2D eigenvalue weighted by Crippen LogP contribution is 2.57. The number of fused-ring (bicyclic) bond motifs is 3. The minimum Gasteiger partial charge on any atom is -0.497 e. The largest absolute Gasteiger partial charge is 0.497 e. The summed E-state index contributed by atoms with van der Waals surface area (Å²) in [6.07, 6.45) is 3.93. The van der Waals surface area contributed by atoms with Crippen molar-refractivity contribution in [3.8, 4) is 5.75 Å². The summed E-state index contributed by atoms with van der Waals surface area (Å²) in [4.78, 5) is 2.51. The number of hydrogen-bond acceptors (Lipinski definition) is 2. The first-order valence-electron chi connectivity index (χ1n) is 7.31. The van der Waals surface area contributed by atoms with Crippen molar-refractivity contribution in [3.05, 3.63) is 23.8 Å². The summed E-state index contributed by atoms with van der Waals surface area (Å²) in [6, 6.07) is 7.17. The highest BCUT2D eigenvalue weighted by Gasteiger charge is 2.54. The predicted octanol–water partition coefficient (Wildman–Crippen LogP) is 3.98. The monoisotopic (exact) mass is 259 g/mol. The van der Waals surface area contributed by atoms with Gasteiger partial charge in [0.05, 0.1) is 7.11 Å². The molecule has 0 N–H and O–H groups in total. The van der Waals surface area contributed by atoms with Crippen molar-refractivity contribution in [2.24, 2.45) is 5.41 Å². The first kappa shape index (κ1) is 12.8. The van der Waals surface area contributed by atoms with E-state index < -0.39 is 0 Å². The molecule has 1 aliphatic heterocycles. The Morgan fingerprint density at radius 2 is 1.95 bits per heavy atom. The molecule has 19 heavy (non-hydrogen) atoms. The van der Waals surface area contributed by atoms with Gasteiger partial charge in [0, 0.05) is 24.2 Å². The summed E-state index contributed by atoms with van der Waals surface area (Å²) in [5.74, 6) is 0.984. The molecule has 3 rings (SSSR count). The van der Waals surface area contributed by atoms with Crippen LogP contribution in [0.25, 0.3) is 0 Å². The van der Waals surface area contributed by atoms with Crippen molar-refractivity contribution in [3.63, 3.8) is 0 Å². The number of methoxy groups -OCH3 is 1. The Morgan fingerprint density at radius 3 is 2.63 bits per heavy atom. The maximum absolute atomic E-state index is 5.43. The van der Waals surface area contributed by atoms with Crippen LogP contribution in [0.1, 0.15) is 45.6 Å². The minimum absolute atomic E-state index is 0.264. The number of ether oxygens (including phenoxy) is 1. The molecule has 1 fully saturated rings. The molecule has 0 saturated heterocycles. The van der Waals surface area contributed by atoms with Crippen molar-refractivity contribution in [2.75, 3.05) is 19.1 Å². The summed E-state index contributed by atoms with van der Waals surface area (Å²) in [5.41, 5.74) is 3.50. The van der Waals surface area contributed by atoms with E-state index in [1.54, 1.807) is 7.11 Å². The third-order valence-electron chi connectivity index (χ3n) is 5.45. The lowest BCUT2D eigenvalue weighted by Crippen LogP contribution is -2.53. The molecular formula is C17H25NO. The Morgan fingerprint density at radius 1 is 1.21 bits per heavy atom. The Hall–Kier alpha value is -1.18. The van der Waals surface area contributed by atoms with Crippen LogP contribution in [0.5, 0.6) is 5.75 Å². The number of nitrogens with zero attached hydrogens (tertiary/aromatic N) is 1. The van der Waals surface area contributed by atoms with Crippen molar-refractivity contribution < 1.29 is 4.74 Å². The molecule has 2 aliphatic rings. The van der Waals surface area contributed by atoms with Crippen LogP contribution in [0.2, 0.25) is 0 Å². The molecule has 0 aromatic heterocycles. The molecule has 0 spiro atoms. The fourth-order valence-corrected chi connectivity index (χ4v) is 4.83. The van der Waals surface area contributed by atoms with Crippen LogP contribution in [0.15, 0.2) is 18.2 Å². The van der Waals surface area contributed by atoms with E-state index in [1.807, 2.05) is 0 Å². The van der Waals surface area contributed by atoms with Gasteiger partial charge in [0.15, 0.2) is 0 Å². The Kier molecular flexibility index (Phi) is 2.64. The Labute approximate surface area is 116 Å². The maximum Gasteiger partial charge on any atom is 0.119 e. The first-order chi connectivity index (χ1) is 8.90. The summed E-state index contributed by atoms with van der Waals surface area (Å²) >= 11 is 0. The number of rotatable bonds is 1. The SMILES string of the molecule is COc1ccc2c(c1)[C@]1(C)CCCC(C)(C)[C@@H]1N2C. The van der Waals surface area contributed by atoms with E-state index in [0.29, 0.717) is 11.5 Å². The van der Waals surface area contributed by atoms with Crippen LogP contribution < -0.4 is 9.64 Å². The Balaban J connectivity index is 2.16. The molecule has 1 aromatic carbocycles. The lowest BCUT2D eigenvalue weighted by Gasteiger charge is -2.49. The molecular weight excluding hydrogens is 234 g/mol. The summed E-state index contributed by atoms with van der Waals surface area (Å²) in [6.45, 7) is 7.30. The summed E-state index contributed by atoms with van der Waals surface area (Å²) in [7, 11) is 4.01. The predicted molar refractivity (Wildman–Crippen MR) is 80.2 cm³/mol. The van der Waals surface area contributed by atoms with Gasteiger partial charge in [-0.2, -0.15) is 0 Å². The molecule has 0 unspecified atom stereocenters. The normalized spacial score (nSPS) is 31.8. The topological polar surface area (TPSA) is 12.5 Å². The standard InChI is InChI=1S/C17H25NO/c1-16(2)9-6-10-17(3)13-11-12(19-5)7-8-14(13)18(4)15(16)17/h7-8,11,15H,6,9-10H2,1-5H3/t15-,17-/m0/s1. The van der Waals surface area contributed by atoms with Crippen molar-refractivity contribution in [2.45, 2.75) is 51.5 Å². The smallest absolute Gasteiger partial charge is 0.119 e. The van der Waals surface area contributed by atoms with Gasteiger partial charge in [0.2, 0.25) is 0 Å². The average Bonchev–Trinajstić information content (AvgIpc) is 2.58. The summed E-state index contributed by atoms with van der Waals surface area (Å²) in [5, 5.41) is 0. The van der Waals surface area contributed by atoms with Gasteiger partial charge in [-0.15, -0.1) is 0 Å². The van der Waals surface area contributed by atoms with Crippen LogP contribution in [0.4, 0.5) is 5.69 Å². The first-order valence-corrected chi connectivity index (χ1v) is 7.31. The molecule has 1 aromatic rings. The van der Waals surface area contributed by atoms with Gasteiger partial charge in [-0.25, -0.2) is 0 Å². The van der Waals surface area contributed by atoms with Gasteiger partial charge in [-0.05, 0) is 42.0 Å². The van der Waals surface area contributed by atoms with Gasteiger partial charge in [-0.3, -0.25) is 0 Å². The fourth-order valence-electron chi connectivity index (χ4n) is 4.83. The second-order valence-corrected chi connectivity index (χ2v) is 7.16. The lowest BCUT2D eigenvalue weighted by molar-refractivity contribution is 0.127. The molecule has 1 saturated carbocycles. The van der Waals surface area contributed by atoms with Crippen LogP contribution in [0, 0.1) is 5.41 Å². The third-order valence-corrected chi connectivity index (χ3v) is 5.45. The zero-order chi connectivity index (χ0) is 13.8. The zero-order valence-electron chi connectivity index (χ0n) is 12.8. The van der Waals surface area contributed by atoms with E-state index in [1.165, 1.54) is 30.5 Å². The Bertz CT molecular complexity index is 508. The molecule has 2 atom stereocenters. The molecule has 2 heteroatoms. The second kappa shape index (κ2) is 3.91. The van der Waals surface area contributed by atoms with E-state index in [2.05, 4.69) is 50.9 Å². The molecule has 0 bridgehead atoms. The van der Waals surface area contributed by atoms with Crippen molar-refractivity contribution in [1.29, 1.82) is 0 Å². The second-order valence-electron chi connectivity index (χ2n) is 7.16. The third kappa shape index (κ3) is 1.62. The number of likely N-dealkylation sites (N-methyl/N-ethyl adjacent to an activating group) is 1. The van der Waals surface area contributed by atoms with Crippen LogP contribution >= 0.6 is 0 Å². The van der Waals surface area contributed by atoms with E-state index in [4.69, 9.17) is 4.74 Å². The minimum atomic E-state index is 0.264. The fraction of sp³-hybridized carbons (Fsp3) is 0.647. The van der Waals surface area contributed by atoms with E-state index in [9.17, 15) is 0 Å². The summed E-state index contributed by atoms with van der Waals surface area (Å²) < 4.78 is 5.43. The van der Waals surface area contributed by atoms with Gasteiger partial charge in [0.1, 0.15) is 5.75 Å². The van der Waals surface area contributed by atoms with Gasteiger partial charge in [-0.1, -0.05) is 27.2 Å². The lowest BCUT2D eigenvalue weighted by atomic mass is 9.59. The highest BCUT2D eigenvalue weighted by molar-refractivity contribution is 5.66. The number of benzene rings is 1. The molecule has 104 valence electrons. The zero-order valence-corrected chi connectivity index (χ0v) is 12.8. The molecule has 0 radical (unpaired) electrons. The van der Waals surface area contributed by atoms with Gasteiger partial charge in [0.25, 0.3) is 0 Å². The van der Waals surface area contributed by atoms with E-state index in [0.717, 1.165) is 5.75 Å².